The van der Waals surface area contributed by atoms with E-state index in [2.05, 4.69) is 6.58 Å². The van der Waals surface area contributed by atoms with Crippen molar-refractivity contribution in [3.63, 3.8) is 0 Å². The van der Waals surface area contributed by atoms with Crippen molar-refractivity contribution in [3.05, 3.63) is 36.1 Å². The summed E-state index contributed by atoms with van der Waals surface area (Å²) in [4.78, 5) is 0. The summed E-state index contributed by atoms with van der Waals surface area (Å²) in [5.74, 6) is 0.869. The molecular formula is C13H24O2. The first-order valence-corrected chi connectivity index (χ1v) is 5.57. The Morgan fingerprint density at radius 1 is 1.20 bits per heavy atom. The first kappa shape index (κ1) is 16.4. The van der Waals surface area contributed by atoms with Crippen LogP contribution in [0.2, 0.25) is 0 Å². The van der Waals surface area contributed by atoms with Gasteiger partial charge >= 0.3 is 0 Å². The zero-order valence-corrected chi connectivity index (χ0v) is 10.7. The lowest BCUT2D eigenvalue weighted by molar-refractivity contribution is -0.0293. The van der Waals surface area contributed by atoms with Gasteiger partial charge in [-0.15, -0.1) is 0 Å². The van der Waals surface area contributed by atoms with Crippen LogP contribution in [0.4, 0.5) is 0 Å². The van der Waals surface area contributed by atoms with Crippen molar-refractivity contribution < 1.29 is 9.47 Å². The van der Waals surface area contributed by atoms with Crippen LogP contribution in [-0.2, 0) is 9.47 Å². The third kappa shape index (κ3) is 6.97. The monoisotopic (exact) mass is 212 g/mol. The normalized spacial score (nSPS) is 14.5. The van der Waals surface area contributed by atoms with E-state index in [-0.39, 0.29) is 0 Å². The molecule has 0 atom stereocenters. The fraction of sp³-hybridized carbons (Fsp3) is 0.538. The Balaban J connectivity index is 0. The number of hydrogen-bond donors (Lipinski definition) is 0. The topological polar surface area (TPSA) is 18.5 Å². The third-order valence-electron chi connectivity index (χ3n) is 1.44. The maximum Gasteiger partial charge on any atom is 0.189 e. The highest BCUT2D eigenvalue weighted by molar-refractivity contribution is 5.29. The second-order valence-corrected chi connectivity index (χ2v) is 2.20. The van der Waals surface area contributed by atoms with Gasteiger partial charge in [0.25, 0.3) is 0 Å². The maximum absolute atomic E-state index is 5.22. The van der Waals surface area contributed by atoms with Crippen LogP contribution in [0.25, 0.3) is 0 Å². The Morgan fingerprint density at radius 2 is 1.80 bits per heavy atom. The highest BCUT2D eigenvalue weighted by Crippen LogP contribution is 2.14. The van der Waals surface area contributed by atoms with E-state index in [1.807, 2.05) is 46.8 Å². The zero-order chi connectivity index (χ0) is 12.1. The second-order valence-electron chi connectivity index (χ2n) is 2.20. The Bertz CT molecular complexity index is 203. The van der Waals surface area contributed by atoms with Crippen molar-refractivity contribution in [2.75, 3.05) is 13.4 Å². The van der Waals surface area contributed by atoms with Crippen molar-refractivity contribution >= 4 is 0 Å². The van der Waals surface area contributed by atoms with Crippen LogP contribution in [0.1, 0.15) is 34.6 Å². The molecule has 0 amide bonds. The third-order valence-corrected chi connectivity index (χ3v) is 1.44. The van der Waals surface area contributed by atoms with Crippen LogP contribution in [0.5, 0.6) is 0 Å². The number of hydrogen-bond acceptors (Lipinski definition) is 2. The molecule has 15 heavy (non-hydrogen) atoms. The SMILES string of the molecule is C=CC1=C(/C=C\C)OCOC1.CC.CC. The van der Waals surface area contributed by atoms with Crippen LogP contribution < -0.4 is 0 Å². The van der Waals surface area contributed by atoms with E-state index in [4.69, 9.17) is 9.47 Å². The number of rotatable bonds is 2. The average molecular weight is 212 g/mol. The molecule has 0 saturated heterocycles. The Kier molecular flexibility index (Phi) is 14.2. The average Bonchev–Trinajstić information content (AvgIpc) is 2.35. The Hall–Kier alpha value is -1.02. The molecule has 1 rings (SSSR count). The Morgan fingerprint density at radius 3 is 2.27 bits per heavy atom. The van der Waals surface area contributed by atoms with Gasteiger partial charge in [0, 0.05) is 5.57 Å². The molecular weight excluding hydrogens is 188 g/mol. The van der Waals surface area contributed by atoms with Gasteiger partial charge in [0.05, 0.1) is 6.61 Å². The van der Waals surface area contributed by atoms with Crippen molar-refractivity contribution in [3.8, 4) is 0 Å². The summed E-state index contributed by atoms with van der Waals surface area (Å²) in [5, 5.41) is 0. The fourth-order valence-corrected chi connectivity index (χ4v) is 0.887. The molecule has 0 fully saturated rings. The smallest absolute Gasteiger partial charge is 0.189 e. The summed E-state index contributed by atoms with van der Waals surface area (Å²) in [6.45, 7) is 14.6. The molecule has 0 aliphatic carbocycles. The molecule has 0 unspecified atom stereocenters. The summed E-state index contributed by atoms with van der Waals surface area (Å²) >= 11 is 0. The molecule has 1 aliphatic heterocycles. The summed E-state index contributed by atoms with van der Waals surface area (Å²) in [7, 11) is 0. The van der Waals surface area contributed by atoms with Gasteiger partial charge in [-0.2, -0.15) is 0 Å². The van der Waals surface area contributed by atoms with Crippen LogP contribution >= 0.6 is 0 Å². The van der Waals surface area contributed by atoms with Gasteiger partial charge in [-0.05, 0) is 13.0 Å². The van der Waals surface area contributed by atoms with Gasteiger partial charge in [0.1, 0.15) is 5.76 Å². The van der Waals surface area contributed by atoms with Gasteiger partial charge in [0.2, 0.25) is 0 Å². The van der Waals surface area contributed by atoms with Crippen molar-refractivity contribution in [2.45, 2.75) is 34.6 Å². The van der Waals surface area contributed by atoms with E-state index in [0.717, 1.165) is 11.3 Å². The molecule has 0 saturated carbocycles. The summed E-state index contributed by atoms with van der Waals surface area (Å²) < 4.78 is 10.3. The number of allylic oxidation sites excluding steroid dienone is 2. The predicted octanol–water partition coefficient (Wildman–Crippen LogP) is 4.06. The largest absolute Gasteiger partial charge is 0.467 e. The maximum atomic E-state index is 5.22. The van der Waals surface area contributed by atoms with Crippen LogP contribution in [0.3, 0.4) is 0 Å². The summed E-state index contributed by atoms with van der Waals surface area (Å²) in [6, 6.07) is 0. The molecule has 2 heteroatoms. The molecule has 0 aromatic rings. The molecule has 2 nitrogen and oxygen atoms in total. The lowest BCUT2D eigenvalue weighted by Crippen LogP contribution is -2.11. The van der Waals surface area contributed by atoms with E-state index in [0.29, 0.717) is 13.4 Å². The van der Waals surface area contributed by atoms with Crippen LogP contribution in [0, 0.1) is 0 Å². The highest BCUT2D eigenvalue weighted by atomic mass is 16.7. The van der Waals surface area contributed by atoms with Crippen LogP contribution in [0.15, 0.2) is 36.1 Å². The van der Waals surface area contributed by atoms with Gasteiger partial charge in [0.15, 0.2) is 6.79 Å². The summed E-state index contributed by atoms with van der Waals surface area (Å²) in [6.07, 6.45) is 5.61. The van der Waals surface area contributed by atoms with E-state index in [9.17, 15) is 0 Å². The molecule has 0 spiro atoms. The predicted molar refractivity (Wildman–Crippen MR) is 66.6 cm³/mol. The molecule has 0 aromatic carbocycles. The van der Waals surface area contributed by atoms with E-state index >= 15 is 0 Å². The molecule has 0 radical (unpaired) electrons. The molecule has 1 aliphatic rings. The minimum absolute atomic E-state index is 0.344. The van der Waals surface area contributed by atoms with E-state index in [1.54, 1.807) is 6.08 Å². The molecule has 88 valence electrons. The molecule has 0 aromatic heterocycles. The minimum Gasteiger partial charge on any atom is -0.467 e. The number of ether oxygens (including phenoxy) is 2. The van der Waals surface area contributed by atoms with Gasteiger partial charge in [-0.3, -0.25) is 0 Å². The lowest BCUT2D eigenvalue weighted by Gasteiger charge is -2.16. The summed E-state index contributed by atoms with van der Waals surface area (Å²) in [5.41, 5.74) is 1.01. The van der Waals surface area contributed by atoms with Gasteiger partial charge in [-0.25, -0.2) is 0 Å². The Labute approximate surface area is 94.3 Å². The standard InChI is InChI=1S/C9H12O2.2C2H6/c1-3-5-9-8(4-2)6-10-7-11-9;2*1-2/h3-5H,2,6-7H2,1H3;2*1-2H3/b5-3-;;. The van der Waals surface area contributed by atoms with Crippen molar-refractivity contribution in [2.24, 2.45) is 0 Å². The second kappa shape index (κ2) is 13.0. The van der Waals surface area contributed by atoms with E-state index < -0.39 is 0 Å². The van der Waals surface area contributed by atoms with E-state index in [1.165, 1.54) is 0 Å². The highest BCUT2D eigenvalue weighted by Gasteiger charge is 2.07. The fourth-order valence-electron chi connectivity index (χ4n) is 0.887. The molecule has 1 heterocycles. The van der Waals surface area contributed by atoms with Gasteiger partial charge < -0.3 is 9.47 Å². The first-order chi connectivity index (χ1) is 7.38. The van der Waals surface area contributed by atoms with Gasteiger partial charge in [-0.1, -0.05) is 46.4 Å². The molecule has 0 bridgehead atoms. The molecule has 0 N–H and O–H groups in total. The van der Waals surface area contributed by atoms with Crippen LogP contribution in [-0.4, -0.2) is 13.4 Å². The van der Waals surface area contributed by atoms with Crippen molar-refractivity contribution in [1.29, 1.82) is 0 Å². The quantitative estimate of drug-likeness (QED) is 0.687. The lowest BCUT2D eigenvalue weighted by atomic mass is 10.2. The zero-order valence-electron chi connectivity index (χ0n) is 10.7. The minimum atomic E-state index is 0.344. The van der Waals surface area contributed by atoms with Crippen molar-refractivity contribution in [1.82, 2.24) is 0 Å². The first-order valence-electron chi connectivity index (χ1n) is 5.57.